The Hall–Kier alpha value is -3.43. The first-order valence-electron chi connectivity index (χ1n) is 12.1. The summed E-state index contributed by atoms with van der Waals surface area (Å²) < 4.78 is 18.5. The molecule has 1 unspecified atom stereocenters. The van der Waals surface area contributed by atoms with Gasteiger partial charge in [-0.05, 0) is 48.7 Å². The Labute approximate surface area is 213 Å². The van der Waals surface area contributed by atoms with Gasteiger partial charge in [0, 0.05) is 49.7 Å². The Morgan fingerprint density at radius 2 is 1.86 bits per heavy atom. The van der Waals surface area contributed by atoms with Gasteiger partial charge in [0.25, 0.3) is 5.56 Å². The Bertz CT molecular complexity index is 1490. The molecule has 0 aliphatic carbocycles. The second-order valence-electron chi connectivity index (χ2n) is 8.59. The van der Waals surface area contributed by atoms with Crippen molar-refractivity contribution in [2.45, 2.75) is 39.3 Å². The molecule has 4 aromatic rings. The molecule has 5 rings (SSSR count). The number of halogens is 2. The van der Waals surface area contributed by atoms with Crippen LogP contribution in [-0.4, -0.2) is 37.8 Å². The van der Waals surface area contributed by atoms with Crippen LogP contribution < -0.4 is 21.9 Å². The molecule has 190 valence electrons. The molecule has 0 radical (unpaired) electrons. The van der Waals surface area contributed by atoms with E-state index in [0.29, 0.717) is 33.9 Å². The number of aromatic nitrogens is 4. The number of nitrogens with two attached hydrogens (primary N) is 1. The van der Waals surface area contributed by atoms with E-state index in [2.05, 4.69) is 9.88 Å². The van der Waals surface area contributed by atoms with Crippen molar-refractivity contribution in [1.29, 1.82) is 0 Å². The van der Waals surface area contributed by atoms with Gasteiger partial charge in [0.1, 0.15) is 17.2 Å². The number of hydrogen-bond donors (Lipinski definition) is 1. The highest BCUT2D eigenvalue weighted by atomic mass is 35.5. The maximum atomic E-state index is 14.1. The fourth-order valence-electron chi connectivity index (χ4n) is 4.63. The largest absolute Gasteiger partial charge is 0.356 e. The highest BCUT2D eigenvalue weighted by Gasteiger charge is 2.26. The van der Waals surface area contributed by atoms with Crippen LogP contribution in [0.25, 0.3) is 16.7 Å². The summed E-state index contributed by atoms with van der Waals surface area (Å²) >= 11 is 6.39. The minimum atomic E-state index is -0.466. The van der Waals surface area contributed by atoms with Crippen molar-refractivity contribution in [1.82, 2.24) is 18.7 Å². The summed E-state index contributed by atoms with van der Waals surface area (Å²) in [5, 5.41) is 0.392. The minimum absolute atomic E-state index is 0.0109. The van der Waals surface area contributed by atoms with Gasteiger partial charge in [-0.2, -0.15) is 0 Å². The van der Waals surface area contributed by atoms with E-state index in [-0.39, 0.29) is 12.6 Å². The molecule has 4 heterocycles. The van der Waals surface area contributed by atoms with Crippen LogP contribution in [0.15, 0.2) is 58.4 Å². The van der Waals surface area contributed by atoms with E-state index in [9.17, 15) is 14.0 Å². The number of piperidine rings is 1. The third-order valence-electron chi connectivity index (χ3n) is 6.32. The molecule has 2 N–H and O–H groups in total. The number of nitrogens with zero attached hydrogens (tertiary/aromatic N) is 5. The first kappa shape index (κ1) is 25.7. The van der Waals surface area contributed by atoms with Crippen molar-refractivity contribution < 1.29 is 4.39 Å². The number of benzene rings is 1. The van der Waals surface area contributed by atoms with Gasteiger partial charge >= 0.3 is 5.69 Å². The molecule has 1 aromatic carbocycles. The lowest BCUT2D eigenvalue weighted by molar-refractivity contribution is 0.498. The molecule has 8 nitrogen and oxygen atoms in total. The van der Waals surface area contributed by atoms with Gasteiger partial charge in [-0.25, -0.2) is 9.18 Å². The monoisotopic (exact) mass is 512 g/mol. The Kier molecular flexibility index (Phi) is 7.61. The van der Waals surface area contributed by atoms with Crippen LogP contribution >= 0.6 is 11.6 Å². The average molecular weight is 513 g/mol. The van der Waals surface area contributed by atoms with Crippen molar-refractivity contribution in [3.63, 3.8) is 0 Å². The standard InChI is InChI=1S/C24H24ClFN6O2.C2H6/c1-29-23(33)22-20(32(24(29)34)18-6-8-28-9-7-18)12-21(30-10-2-3-17(27)14-30)31(22)13-15-11-16(26)4-5-19(15)25;1-2/h4-9,11-12,17H,2-3,10,13-14,27H2,1H3;1-2H3. The average Bonchev–Trinajstić information content (AvgIpc) is 3.25. The molecular formula is C26H30ClFN6O2. The van der Waals surface area contributed by atoms with Crippen molar-refractivity contribution in [3.8, 4) is 5.69 Å². The maximum Gasteiger partial charge on any atom is 0.335 e. The third-order valence-corrected chi connectivity index (χ3v) is 6.69. The van der Waals surface area contributed by atoms with Gasteiger partial charge in [-0.15, -0.1) is 0 Å². The SMILES string of the molecule is CC.Cn1c(=O)c2c(cc(N3CCCC(N)C3)n2Cc2cc(F)ccc2Cl)n(-c2ccncc2)c1=O. The molecule has 0 amide bonds. The van der Waals surface area contributed by atoms with Crippen LogP contribution in [0.5, 0.6) is 0 Å². The minimum Gasteiger partial charge on any atom is -0.356 e. The number of rotatable bonds is 4. The summed E-state index contributed by atoms with van der Waals surface area (Å²) in [7, 11) is 1.45. The normalized spacial score (nSPS) is 15.6. The fourth-order valence-corrected chi connectivity index (χ4v) is 4.81. The van der Waals surface area contributed by atoms with Gasteiger partial charge < -0.3 is 15.2 Å². The van der Waals surface area contributed by atoms with E-state index in [1.807, 2.05) is 24.5 Å². The highest BCUT2D eigenvalue weighted by Crippen LogP contribution is 2.30. The van der Waals surface area contributed by atoms with Gasteiger partial charge in [0.15, 0.2) is 0 Å². The molecule has 1 aliphatic heterocycles. The first-order chi connectivity index (χ1) is 17.3. The molecule has 1 aliphatic rings. The van der Waals surface area contributed by atoms with Crippen LogP contribution in [0, 0.1) is 5.82 Å². The molecule has 3 aromatic heterocycles. The quantitative estimate of drug-likeness (QED) is 0.450. The highest BCUT2D eigenvalue weighted by molar-refractivity contribution is 6.31. The van der Waals surface area contributed by atoms with Crippen LogP contribution in [0.2, 0.25) is 5.02 Å². The molecule has 0 saturated carbocycles. The molecule has 36 heavy (non-hydrogen) atoms. The zero-order chi connectivity index (χ0) is 26.0. The van der Waals surface area contributed by atoms with Crippen molar-refractivity contribution in [2.75, 3.05) is 18.0 Å². The Balaban J connectivity index is 0.00000148. The molecule has 1 atom stereocenters. The summed E-state index contributed by atoms with van der Waals surface area (Å²) in [5.41, 5.74) is 7.25. The van der Waals surface area contributed by atoms with E-state index in [1.165, 1.54) is 29.8 Å². The summed E-state index contributed by atoms with van der Waals surface area (Å²) in [6.45, 7) is 5.51. The first-order valence-corrected chi connectivity index (χ1v) is 12.4. The van der Waals surface area contributed by atoms with Crippen LogP contribution in [0.1, 0.15) is 32.3 Å². The molecule has 10 heteroatoms. The predicted octanol–water partition coefficient (Wildman–Crippen LogP) is 3.68. The third kappa shape index (κ3) is 4.68. The summed E-state index contributed by atoms with van der Waals surface area (Å²) in [6, 6.07) is 9.41. The van der Waals surface area contributed by atoms with Crippen molar-refractivity contribution in [2.24, 2.45) is 12.8 Å². The topological polar surface area (TPSA) is 91.1 Å². The summed E-state index contributed by atoms with van der Waals surface area (Å²) in [5.74, 6) is 0.315. The molecule has 0 bridgehead atoms. The lowest BCUT2D eigenvalue weighted by atomic mass is 10.1. The molecule has 0 spiro atoms. The van der Waals surface area contributed by atoms with Crippen LogP contribution in [0.3, 0.4) is 0 Å². The van der Waals surface area contributed by atoms with Gasteiger partial charge in [0.05, 0.1) is 17.7 Å². The predicted molar refractivity (Wildman–Crippen MR) is 142 cm³/mol. The van der Waals surface area contributed by atoms with E-state index in [4.69, 9.17) is 17.3 Å². The lowest BCUT2D eigenvalue weighted by Gasteiger charge is -2.33. The fraction of sp³-hybridized carbons (Fsp3) is 0.346. The summed E-state index contributed by atoms with van der Waals surface area (Å²) in [4.78, 5) is 32.8. The summed E-state index contributed by atoms with van der Waals surface area (Å²) in [6.07, 6.45) is 4.99. The van der Waals surface area contributed by atoms with Crippen LogP contribution in [0.4, 0.5) is 10.2 Å². The zero-order valence-electron chi connectivity index (χ0n) is 20.6. The van der Waals surface area contributed by atoms with Gasteiger partial charge in [-0.3, -0.25) is 18.9 Å². The van der Waals surface area contributed by atoms with E-state index in [0.717, 1.165) is 29.8 Å². The second kappa shape index (κ2) is 10.7. The number of anilines is 1. The van der Waals surface area contributed by atoms with E-state index in [1.54, 1.807) is 24.5 Å². The van der Waals surface area contributed by atoms with Crippen molar-refractivity contribution in [3.05, 3.63) is 86.0 Å². The Morgan fingerprint density at radius 3 is 2.56 bits per heavy atom. The van der Waals surface area contributed by atoms with Crippen LogP contribution in [-0.2, 0) is 13.6 Å². The smallest absolute Gasteiger partial charge is 0.335 e. The zero-order valence-corrected chi connectivity index (χ0v) is 21.4. The lowest BCUT2D eigenvalue weighted by Crippen LogP contribution is -2.43. The molecular weight excluding hydrogens is 483 g/mol. The number of pyridine rings is 1. The van der Waals surface area contributed by atoms with Crippen molar-refractivity contribution >= 4 is 28.5 Å². The second-order valence-corrected chi connectivity index (χ2v) is 9.00. The Morgan fingerprint density at radius 1 is 1.14 bits per heavy atom. The molecule has 1 saturated heterocycles. The molecule has 1 fully saturated rings. The van der Waals surface area contributed by atoms with E-state index >= 15 is 0 Å². The maximum absolute atomic E-state index is 14.1. The number of fused-ring (bicyclic) bond motifs is 1. The van der Waals surface area contributed by atoms with E-state index < -0.39 is 17.1 Å². The van der Waals surface area contributed by atoms with Gasteiger partial charge in [-0.1, -0.05) is 25.4 Å². The van der Waals surface area contributed by atoms with Gasteiger partial charge in [0.2, 0.25) is 0 Å². The number of hydrogen-bond acceptors (Lipinski definition) is 5.